The van der Waals surface area contributed by atoms with Crippen molar-refractivity contribution >= 4 is 5.91 Å². The number of hydroxylamine groups is 1. The number of hydrogen-bond acceptors (Lipinski definition) is 5. The van der Waals surface area contributed by atoms with Gasteiger partial charge in [-0.2, -0.15) is 5.48 Å². The van der Waals surface area contributed by atoms with Crippen molar-refractivity contribution in [2.24, 2.45) is 11.8 Å². The molecular weight excluding hydrogens is 570 g/mol. The van der Waals surface area contributed by atoms with E-state index in [2.05, 4.69) is 51.1 Å². The van der Waals surface area contributed by atoms with Crippen molar-refractivity contribution < 1.29 is 18.4 Å². The van der Waals surface area contributed by atoms with E-state index in [-0.39, 0.29) is 23.8 Å². The van der Waals surface area contributed by atoms with E-state index in [4.69, 9.17) is 4.84 Å². The first kappa shape index (κ1) is 32.5. The average molecular weight is 623 g/mol. The first-order valence-corrected chi connectivity index (χ1v) is 17.8. The molecule has 0 radical (unpaired) electrons. The maximum atomic E-state index is 15.1. The van der Waals surface area contributed by atoms with Crippen molar-refractivity contribution in [3.05, 3.63) is 71.3 Å². The number of carbonyl (C=O) groups is 1. The normalized spacial score (nSPS) is 28.6. The summed E-state index contributed by atoms with van der Waals surface area (Å²) in [5, 5.41) is 8.43. The monoisotopic (exact) mass is 622 g/mol. The smallest absolute Gasteiger partial charge is 0.240 e. The minimum Gasteiger partial charge on any atom is -0.349 e. The fourth-order valence-electron chi connectivity index (χ4n) is 8.48. The molecule has 4 unspecified atom stereocenters. The summed E-state index contributed by atoms with van der Waals surface area (Å²) in [6.45, 7) is 2.38. The molecule has 246 valence electrons. The number of carbonyl (C=O) groups excluding carboxylic acids is 1. The number of halogens is 2. The minimum absolute atomic E-state index is 0.0174. The molecule has 2 aromatic rings. The molecule has 2 aliphatic heterocycles. The van der Waals surface area contributed by atoms with Gasteiger partial charge in [0, 0.05) is 43.2 Å². The van der Waals surface area contributed by atoms with Crippen LogP contribution in [0.25, 0.3) is 0 Å². The van der Waals surface area contributed by atoms with Crippen molar-refractivity contribution in [2.75, 3.05) is 13.1 Å². The van der Waals surface area contributed by atoms with Crippen LogP contribution in [0.5, 0.6) is 0 Å². The van der Waals surface area contributed by atoms with Crippen LogP contribution in [0.1, 0.15) is 114 Å². The molecule has 45 heavy (non-hydrogen) atoms. The van der Waals surface area contributed by atoms with Gasteiger partial charge in [-0.3, -0.25) is 9.63 Å². The fourth-order valence-corrected chi connectivity index (χ4v) is 8.48. The second-order valence-corrected chi connectivity index (χ2v) is 14.0. The lowest BCUT2D eigenvalue weighted by molar-refractivity contribution is -0.125. The maximum absolute atomic E-state index is 15.1. The van der Waals surface area contributed by atoms with Gasteiger partial charge in [-0.1, -0.05) is 107 Å². The third-order valence-electron chi connectivity index (χ3n) is 10.8. The van der Waals surface area contributed by atoms with Gasteiger partial charge >= 0.3 is 0 Å². The van der Waals surface area contributed by atoms with Crippen LogP contribution in [0.15, 0.2) is 48.5 Å². The van der Waals surface area contributed by atoms with Crippen molar-refractivity contribution in [3.63, 3.8) is 0 Å². The van der Waals surface area contributed by atoms with E-state index >= 15 is 4.39 Å². The molecule has 4 atom stereocenters. The fraction of sp³-hybridized carbons (Fsp3) is 0.649. The average Bonchev–Trinajstić information content (AvgIpc) is 3.65. The van der Waals surface area contributed by atoms with Gasteiger partial charge in [-0.15, -0.1) is 0 Å². The lowest BCUT2D eigenvalue weighted by Gasteiger charge is -2.36. The summed E-state index contributed by atoms with van der Waals surface area (Å²) in [7, 11) is 0. The van der Waals surface area contributed by atoms with Crippen molar-refractivity contribution in [1.82, 2.24) is 20.8 Å². The number of hydrogen-bond donors (Lipinski definition) is 2. The van der Waals surface area contributed by atoms with Crippen LogP contribution < -0.4 is 10.8 Å². The van der Waals surface area contributed by atoms with E-state index in [1.807, 2.05) is 0 Å². The Kier molecular flexibility index (Phi) is 11.5. The molecule has 2 aliphatic carbocycles. The highest BCUT2D eigenvalue weighted by Crippen LogP contribution is 2.43. The predicted molar refractivity (Wildman–Crippen MR) is 173 cm³/mol. The molecule has 0 bridgehead atoms. The Labute approximate surface area is 268 Å². The SMILES string of the molecule is O=C(NC1CN(Cc2ccccc2)N(C2CCCCCCC2)C1)C1NOC(c2ccc(F)cc2F)C1C1CCCCCCCC1. The van der Waals surface area contributed by atoms with Gasteiger partial charge in [0.25, 0.3) is 0 Å². The van der Waals surface area contributed by atoms with E-state index in [1.165, 1.54) is 88.3 Å². The largest absolute Gasteiger partial charge is 0.349 e. The molecule has 2 saturated carbocycles. The second kappa shape index (κ2) is 15.9. The van der Waals surface area contributed by atoms with Crippen molar-refractivity contribution in [1.29, 1.82) is 0 Å². The first-order chi connectivity index (χ1) is 22.1. The molecule has 4 fully saturated rings. The van der Waals surface area contributed by atoms with Gasteiger partial charge < -0.3 is 5.32 Å². The van der Waals surface area contributed by atoms with Crippen LogP contribution >= 0.6 is 0 Å². The molecule has 2 N–H and O–H groups in total. The standard InChI is InChI=1S/C37H52F2N4O2/c38-29-21-22-32(33(39)23-29)36-34(28-17-11-4-1-2-5-12-18-28)35(41-45-36)37(44)40-30-25-42(24-27-15-9-8-10-16-27)43(26-30)31-19-13-6-3-7-14-20-31/h8-10,15-16,21-23,28,30-31,34-36,41H,1-7,11-14,17-20,24-26H2,(H,40,44). The summed E-state index contributed by atoms with van der Waals surface area (Å²) >= 11 is 0. The molecule has 4 aliphatic rings. The molecule has 6 nitrogen and oxygen atoms in total. The number of rotatable bonds is 7. The predicted octanol–water partition coefficient (Wildman–Crippen LogP) is 7.61. The Balaban J connectivity index is 1.20. The summed E-state index contributed by atoms with van der Waals surface area (Å²) in [5.41, 5.74) is 4.66. The molecular formula is C37H52F2N4O2. The number of benzene rings is 2. The van der Waals surface area contributed by atoms with E-state index in [9.17, 15) is 9.18 Å². The first-order valence-electron chi connectivity index (χ1n) is 17.8. The highest BCUT2D eigenvalue weighted by atomic mass is 19.1. The zero-order chi connectivity index (χ0) is 31.0. The van der Waals surface area contributed by atoms with Crippen LogP contribution in [-0.4, -0.2) is 47.1 Å². The van der Waals surface area contributed by atoms with Gasteiger partial charge in [-0.05, 0) is 43.2 Å². The zero-order valence-corrected chi connectivity index (χ0v) is 26.8. The van der Waals surface area contributed by atoms with Crippen LogP contribution in [0, 0.1) is 23.5 Å². The number of nitrogens with one attached hydrogen (secondary N) is 2. The Bertz CT molecular complexity index is 1210. The second-order valence-electron chi connectivity index (χ2n) is 14.0. The lowest BCUT2D eigenvalue weighted by atomic mass is 9.75. The molecule has 8 heteroatoms. The minimum atomic E-state index is -0.642. The van der Waals surface area contributed by atoms with Crippen molar-refractivity contribution in [3.8, 4) is 0 Å². The van der Waals surface area contributed by atoms with Crippen LogP contribution in [-0.2, 0) is 16.2 Å². The molecule has 0 spiro atoms. The Morgan fingerprint density at radius 2 is 1.47 bits per heavy atom. The van der Waals surface area contributed by atoms with Gasteiger partial charge in [-0.25, -0.2) is 18.8 Å². The summed E-state index contributed by atoms with van der Waals surface area (Å²) in [6.07, 6.45) is 17.2. The Morgan fingerprint density at radius 1 is 0.822 bits per heavy atom. The third kappa shape index (κ3) is 8.31. The summed E-state index contributed by atoms with van der Waals surface area (Å²) < 4.78 is 29.0. The summed E-state index contributed by atoms with van der Waals surface area (Å²) in [4.78, 5) is 20.3. The van der Waals surface area contributed by atoms with Gasteiger partial charge in [0.15, 0.2) is 0 Å². The van der Waals surface area contributed by atoms with E-state index in [0.29, 0.717) is 11.6 Å². The topological polar surface area (TPSA) is 56.8 Å². The van der Waals surface area contributed by atoms with Gasteiger partial charge in [0.05, 0.1) is 6.04 Å². The molecule has 2 saturated heterocycles. The lowest BCUT2D eigenvalue weighted by Crippen LogP contribution is -2.50. The zero-order valence-electron chi connectivity index (χ0n) is 26.8. The van der Waals surface area contributed by atoms with E-state index in [1.54, 1.807) is 0 Å². The van der Waals surface area contributed by atoms with Crippen LogP contribution in [0.4, 0.5) is 8.78 Å². The molecule has 6 rings (SSSR count). The van der Waals surface area contributed by atoms with Gasteiger partial charge in [0.1, 0.15) is 23.8 Å². The van der Waals surface area contributed by atoms with Gasteiger partial charge in [0.2, 0.25) is 5.91 Å². The van der Waals surface area contributed by atoms with E-state index < -0.39 is 23.8 Å². The molecule has 2 aromatic carbocycles. The number of hydrazine groups is 1. The van der Waals surface area contributed by atoms with Crippen LogP contribution in [0.2, 0.25) is 0 Å². The third-order valence-corrected chi connectivity index (χ3v) is 10.8. The highest BCUT2D eigenvalue weighted by Gasteiger charge is 2.48. The Hall–Kier alpha value is -2.39. The maximum Gasteiger partial charge on any atom is 0.240 e. The number of nitrogens with zero attached hydrogens (tertiary/aromatic N) is 2. The molecule has 1 amide bonds. The molecule has 0 aromatic heterocycles. The van der Waals surface area contributed by atoms with Crippen molar-refractivity contribution in [2.45, 2.75) is 127 Å². The quantitative estimate of drug-likeness (QED) is 0.333. The highest BCUT2D eigenvalue weighted by molar-refractivity contribution is 5.82. The Morgan fingerprint density at radius 3 is 2.13 bits per heavy atom. The summed E-state index contributed by atoms with van der Waals surface area (Å²) in [6, 6.07) is 14.2. The summed E-state index contributed by atoms with van der Waals surface area (Å²) in [5.74, 6) is -1.31. The number of amides is 1. The van der Waals surface area contributed by atoms with Crippen LogP contribution in [0.3, 0.4) is 0 Å². The van der Waals surface area contributed by atoms with E-state index in [0.717, 1.165) is 51.4 Å². The molecule has 2 heterocycles.